The van der Waals surface area contributed by atoms with Gasteiger partial charge in [0.1, 0.15) is 0 Å². The smallest absolute Gasteiger partial charge is 0.550 e. The topological polar surface area (TPSA) is 241 Å². The second kappa shape index (κ2) is 136. The molecule has 0 saturated heterocycles. The molecule has 12 nitrogen and oxygen atoms in total. The van der Waals surface area contributed by atoms with E-state index in [-0.39, 0.29) is 104 Å². The average molecular weight is 1810 g/mol. The summed E-state index contributed by atoms with van der Waals surface area (Å²) in [5.41, 5.74) is 0. The zero-order chi connectivity index (χ0) is 89.3. The number of hydrogen-bond acceptors (Lipinski definition) is 12. The van der Waals surface area contributed by atoms with Crippen LogP contribution in [0, 0.1) is 0 Å². The Labute approximate surface area is 812 Å². The Morgan fingerprint density at radius 3 is 0.211 bits per heavy atom. The van der Waals surface area contributed by atoms with Crippen LogP contribution in [0.5, 0.6) is 0 Å². The Bertz CT molecular complexity index is 1570. The molecule has 15 heteroatoms. The van der Waals surface area contributed by atoms with Gasteiger partial charge in [0.25, 0.3) is 0 Å². The van der Waals surface area contributed by atoms with Crippen LogP contribution in [0.4, 0.5) is 0 Å². The van der Waals surface area contributed by atoms with E-state index in [9.17, 15) is 59.4 Å². The molecule has 0 unspecified atom stereocenters. The fourth-order valence-electron chi connectivity index (χ4n) is 15.8. The summed E-state index contributed by atoms with van der Waals surface area (Å²) in [5.74, 6) is -5.42. The molecule has 0 bridgehead atoms. The van der Waals surface area contributed by atoms with Crippen LogP contribution in [-0.4, -0.2) is 81.9 Å². The summed E-state index contributed by atoms with van der Waals surface area (Å²) >= 11 is 0. The van der Waals surface area contributed by atoms with Gasteiger partial charge in [0, 0.05) is 35.8 Å². The first-order valence-corrected chi connectivity index (χ1v) is 53.8. The molecule has 0 aliphatic heterocycles. The molecule has 0 amide bonds. The number of carbonyl (C=O) groups excluding carboxylic acids is 6. The van der Waals surface area contributed by atoms with Crippen molar-refractivity contribution >= 4 is 81.9 Å². The van der Waals surface area contributed by atoms with Gasteiger partial charge in [-0.1, -0.05) is 581 Å². The van der Waals surface area contributed by atoms with E-state index in [4.69, 9.17) is 0 Å². The van der Waals surface area contributed by atoms with Crippen LogP contribution in [0.3, 0.4) is 0 Å². The minimum Gasteiger partial charge on any atom is -0.550 e. The zero-order valence-corrected chi connectivity index (χ0v) is 89.7. The van der Waals surface area contributed by atoms with E-state index in [2.05, 4.69) is 41.5 Å². The first-order chi connectivity index (χ1) is 58.6. The minimum absolute atomic E-state index is 0. The number of unbranched alkanes of at least 4 members (excludes halogenated alkanes) is 84. The van der Waals surface area contributed by atoms with Crippen molar-refractivity contribution in [3.05, 3.63) is 0 Å². The van der Waals surface area contributed by atoms with E-state index < -0.39 is 35.8 Å². The Morgan fingerprint density at radius 2 is 0.163 bits per heavy atom. The molecule has 0 rings (SSSR count). The summed E-state index contributed by atoms with van der Waals surface area (Å²) in [6.45, 7) is 13.6. The summed E-state index contributed by atoms with van der Waals surface area (Å²) < 4.78 is 0. The first kappa shape index (κ1) is 140. The van der Waals surface area contributed by atoms with Crippen molar-refractivity contribution in [3.63, 3.8) is 0 Å². The Kier molecular flexibility index (Phi) is 155. The number of carboxylic acids is 6. The van der Waals surface area contributed by atoms with Crippen molar-refractivity contribution in [2.24, 2.45) is 0 Å². The molecule has 0 spiro atoms. The van der Waals surface area contributed by atoms with E-state index >= 15 is 0 Å². The van der Waals surface area contributed by atoms with Gasteiger partial charge in [-0.2, -0.15) is 0 Å². The van der Waals surface area contributed by atoms with Gasteiger partial charge in [0.15, 0.2) is 0 Å². The molecule has 0 atom stereocenters. The molecule has 0 aliphatic carbocycles. The van der Waals surface area contributed by atoms with Crippen LogP contribution in [0.2, 0.25) is 0 Å². The van der Waals surface area contributed by atoms with Gasteiger partial charge in [-0.25, -0.2) is 0 Å². The maximum atomic E-state index is 10.2. The standard InChI is InChI=1S/6C18H36O2.2Mg.Zn/c6*1-2-3-4-5-6-7-8-9-10-11-12-13-14-15-16-17-18(19)20;;;/h6*2-17H2,1H3,(H,19,20);;;/q;;;;;;3*+2/p-6. The molecule has 0 aliphatic rings. The summed E-state index contributed by atoms with van der Waals surface area (Å²) in [7, 11) is 0. The van der Waals surface area contributed by atoms with E-state index in [0.29, 0.717) is 0 Å². The van der Waals surface area contributed by atoms with Crippen LogP contribution in [0.1, 0.15) is 658 Å². The van der Waals surface area contributed by atoms with Crippen LogP contribution in [0.15, 0.2) is 0 Å². The second-order valence-electron chi connectivity index (χ2n) is 36.4. The van der Waals surface area contributed by atoms with Crippen LogP contribution < -0.4 is 30.6 Å². The number of hydrogen-bond donors (Lipinski definition) is 0. The van der Waals surface area contributed by atoms with Crippen molar-refractivity contribution in [3.8, 4) is 0 Å². The van der Waals surface area contributed by atoms with Crippen molar-refractivity contribution < 1.29 is 78.9 Å². The van der Waals surface area contributed by atoms with Gasteiger partial charge < -0.3 is 59.4 Å². The van der Waals surface area contributed by atoms with Crippen molar-refractivity contribution in [1.82, 2.24) is 0 Å². The zero-order valence-electron chi connectivity index (χ0n) is 83.9. The Balaban J connectivity index is -0.000000180. The largest absolute Gasteiger partial charge is 2.00 e. The molecule has 123 heavy (non-hydrogen) atoms. The monoisotopic (exact) mass is 1810 g/mol. The van der Waals surface area contributed by atoms with Gasteiger partial charge in [-0.05, 0) is 77.0 Å². The predicted molar refractivity (Wildman–Crippen MR) is 519 cm³/mol. The quantitative estimate of drug-likeness (QED) is 0.0408. The van der Waals surface area contributed by atoms with Crippen molar-refractivity contribution in [1.29, 1.82) is 0 Å². The molecule has 0 fully saturated rings. The molecule has 0 heterocycles. The number of rotatable bonds is 96. The maximum absolute atomic E-state index is 10.2. The SMILES string of the molecule is CCCCCCCCCCCCCCCCCC(=O)[O-].CCCCCCCCCCCCCCCCCC(=O)[O-].CCCCCCCCCCCCCCCCCC(=O)[O-].CCCCCCCCCCCCCCCCCC(=O)[O-].CCCCCCCCCCCCCCCCCC(=O)[O-].CCCCCCCCCCCCCCCCCC(=O)[O-].[Mg+2].[Mg+2].[Zn+2]. The molecular weight excluding hydrogens is 1600 g/mol. The molecule has 0 aromatic carbocycles. The van der Waals surface area contributed by atoms with E-state index in [0.717, 1.165) is 77.0 Å². The number of carbonyl (C=O) groups is 6. The van der Waals surface area contributed by atoms with Gasteiger partial charge in [-0.15, -0.1) is 0 Å². The fraction of sp³-hybridized carbons (Fsp3) is 0.944. The van der Waals surface area contributed by atoms with Gasteiger partial charge in [0.2, 0.25) is 0 Å². The molecular formula is C108H210Mg2O12Zn. The van der Waals surface area contributed by atoms with Gasteiger partial charge in [0.05, 0.1) is 0 Å². The summed E-state index contributed by atoms with van der Waals surface area (Å²) in [6.07, 6.45) is 119. The van der Waals surface area contributed by atoms with E-state index in [1.807, 2.05) is 0 Å². The summed E-state index contributed by atoms with van der Waals surface area (Å²) in [6, 6.07) is 0. The predicted octanol–water partition coefficient (Wildman–Crippen LogP) is 29.2. The van der Waals surface area contributed by atoms with Crippen LogP contribution in [0.25, 0.3) is 0 Å². The molecule has 0 N–H and O–H groups in total. The fourth-order valence-corrected chi connectivity index (χ4v) is 15.8. The van der Waals surface area contributed by atoms with Crippen molar-refractivity contribution in [2.75, 3.05) is 0 Å². The minimum atomic E-state index is -0.903. The van der Waals surface area contributed by atoms with Crippen LogP contribution >= 0.6 is 0 Å². The molecule has 0 radical (unpaired) electrons. The van der Waals surface area contributed by atoms with Crippen molar-refractivity contribution in [2.45, 2.75) is 658 Å². The third kappa shape index (κ3) is 168. The average Bonchev–Trinajstić information content (AvgIpc) is 1.20. The number of carboxylic acid groups (broad SMARTS) is 6. The molecule has 0 aromatic rings. The van der Waals surface area contributed by atoms with Crippen LogP contribution in [-0.2, 0) is 48.2 Å². The molecule has 0 saturated carbocycles. The molecule has 720 valence electrons. The Morgan fingerprint density at radius 1 is 0.114 bits per heavy atom. The third-order valence-corrected chi connectivity index (χ3v) is 23.9. The second-order valence-corrected chi connectivity index (χ2v) is 36.4. The van der Waals surface area contributed by atoms with E-state index in [1.165, 1.54) is 501 Å². The van der Waals surface area contributed by atoms with Gasteiger partial charge >= 0.3 is 65.6 Å². The third-order valence-electron chi connectivity index (χ3n) is 23.9. The maximum Gasteiger partial charge on any atom is 2.00 e. The Hall–Kier alpha value is -1.02. The van der Waals surface area contributed by atoms with Gasteiger partial charge in [-0.3, -0.25) is 0 Å². The number of aliphatic carboxylic acids is 6. The first-order valence-electron chi connectivity index (χ1n) is 53.8. The summed E-state index contributed by atoms with van der Waals surface area (Å²) in [5, 5.41) is 61.3. The summed E-state index contributed by atoms with van der Waals surface area (Å²) in [4.78, 5) is 61.3. The normalized spacial score (nSPS) is 10.6. The van der Waals surface area contributed by atoms with E-state index in [1.54, 1.807) is 0 Å². The molecule has 0 aromatic heterocycles.